The van der Waals surface area contributed by atoms with Gasteiger partial charge in [-0.2, -0.15) is 0 Å². The van der Waals surface area contributed by atoms with Gasteiger partial charge in [-0.25, -0.2) is 23.3 Å². The molecular formula is C23H20N4O5S2. The average Bonchev–Trinajstić information content (AvgIpc) is 3.08. The van der Waals surface area contributed by atoms with E-state index in [1.54, 1.807) is 36.4 Å². The van der Waals surface area contributed by atoms with Crippen LogP contribution in [0.15, 0.2) is 88.7 Å². The Morgan fingerprint density at radius 1 is 0.882 bits per heavy atom. The molecule has 1 fully saturated rings. The van der Waals surface area contributed by atoms with Crippen molar-refractivity contribution >= 4 is 56.7 Å². The first kappa shape index (κ1) is 23.5. The van der Waals surface area contributed by atoms with Gasteiger partial charge in [0.05, 0.1) is 15.8 Å². The molecule has 0 bridgehead atoms. The van der Waals surface area contributed by atoms with Crippen LogP contribution in [0.1, 0.15) is 6.42 Å². The Labute approximate surface area is 200 Å². The van der Waals surface area contributed by atoms with E-state index in [2.05, 4.69) is 10.6 Å². The third-order valence-corrected chi connectivity index (χ3v) is 7.08. The quantitative estimate of drug-likeness (QED) is 0.447. The van der Waals surface area contributed by atoms with Crippen LogP contribution in [0.25, 0.3) is 0 Å². The molecule has 0 aliphatic carbocycles. The summed E-state index contributed by atoms with van der Waals surface area (Å²) >= 11 is 1.24. The molecule has 0 radical (unpaired) electrons. The standard InChI is InChI=1S/C23H20N4O5S2/c24-34(31,32)19-12-8-17(9-13-19)27-21(28)14-20(22(27)29)33-18-10-6-16(7-11-18)26-23(30)25-15-4-2-1-3-5-15/h1-13,20H,14H2,(H2,24,31,32)(H2,25,26,30). The SMILES string of the molecule is NS(=O)(=O)c1ccc(N2C(=O)CC(Sc3ccc(NC(=O)Nc4ccccc4)cc3)C2=O)cc1. The molecule has 1 heterocycles. The molecule has 4 amide bonds. The van der Waals surface area contributed by atoms with Crippen LogP contribution in [0.3, 0.4) is 0 Å². The van der Waals surface area contributed by atoms with Crippen LogP contribution in [0.4, 0.5) is 21.9 Å². The normalized spacial score (nSPS) is 15.9. The van der Waals surface area contributed by atoms with E-state index in [0.717, 1.165) is 9.80 Å². The lowest BCUT2D eigenvalue weighted by molar-refractivity contribution is -0.121. The predicted octanol–water partition coefficient (Wildman–Crippen LogP) is 3.40. The van der Waals surface area contributed by atoms with Gasteiger partial charge in [0.15, 0.2) is 0 Å². The van der Waals surface area contributed by atoms with E-state index in [9.17, 15) is 22.8 Å². The van der Waals surface area contributed by atoms with Crippen molar-refractivity contribution in [1.82, 2.24) is 0 Å². The number of benzene rings is 3. The van der Waals surface area contributed by atoms with Crippen LogP contribution in [-0.4, -0.2) is 31.5 Å². The maximum Gasteiger partial charge on any atom is 0.323 e. The van der Waals surface area contributed by atoms with Crippen molar-refractivity contribution in [1.29, 1.82) is 0 Å². The van der Waals surface area contributed by atoms with Gasteiger partial charge in [0.25, 0.3) is 0 Å². The molecule has 3 aromatic rings. The van der Waals surface area contributed by atoms with Gasteiger partial charge in [-0.15, -0.1) is 11.8 Å². The monoisotopic (exact) mass is 496 g/mol. The number of hydrogen-bond acceptors (Lipinski definition) is 6. The summed E-state index contributed by atoms with van der Waals surface area (Å²) in [6.45, 7) is 0. The number of nitrogens with one attached hydrogen (secondary N) is 2. The number of anilines is 3. The predicted molar refractivity (Wildman–Crippen MR) is 130 cm³/mol. The molecule has 1 atom stereocenters. The Bertz CT molecular complexity index is 1330. The lowest BCUT2D eigenvalue weighted by Gasteiger charge is -2.15. The van der Waals surface area contributed by atoms with E-state index >= 15 is 0 Å². The number of hydrogen-bond donors (Lipinski definition) is 3. The highest BCUT2D eigenvalue weighted by Crippen LogP contribution is 2.34. The third kappa shape index (κ3) is 5.45. The van der Waals surface area contributed by atoms with Crippen LogP contribution in [-0.2, 0) is 19.6 Å². The molecule has 0 spiro atoms. The van der Waals surface area contributed by atoms with E-state index in [-0.39, 0.29) is 34.8 Å². The van der Waals surface area contributed by atoms with Gasteiger partial charge in [0.1, 0.15) is 0 Å². The number of rotatable bonds is 6. The van der Waals surface area contributed by atoms with Gasteiger partial charge in [-0.1, -0.05) is 18.2 Å². The lowest BCUT2D eigenvalue weighted by atomic mass is 10.3. The van der Waals surface area contributed by atoms with Crippen molar-refractivity contribution < 1.29 is 22.8 Å². The van der Waals surface area contributed by atoms with Gasteiger partial charge < -0.3 is 10.6 Å². The summed E-state index contributed by atoms with van der Waals surface area (Å²) in [5.41, 5.74) is 1.53. The summed E-state index contributed by atoms with van der Waals surface area (Å²) in [5, 5.41) is 9.92. The highest BCUT2D eigenvalue weighted by Gasteiger charge is 2.40. The number of thioether (sulfide) groups is 1. The minimum absolute atomic E-state index is 0.0138. The maximum atomic E-state index is 12.9. The molecular weight excluding hydrogens is 476 g/mol. The summed E-state index contributed by atoms with van der Waals surface area (Å²) in [4.78, 5) is 39.2. The van der Waals surface area contributed by atoms with Crippen LogP contribution in [0.2, 0.25) is 0 Å². The Balaban J connectivity index is 1.38. The molecule has 1 saturated heterocycles. The second-order valence-corrected chi connectivity index (χ2v) is 10.2. The Morgan fingerprint density at radius 2 is 1.47 bits per heavy atom. The molecule has 1 aliphatic heterocycles. The highest BCUT2D eigenvalue weighted by atomic mass is 32.2. The Kier molecular flexibility index (Phi) is 6.68. The van der Waals surface area contributed by atoms with E-state index in [1.807, 2.05) is 18.2 Å². The Morgan fingerprint density at radius 3 is 2.06 bits per heavy atom. The van der Waals surface area contributed by atoms with Crippen LogP contribution in [0.5, 0.6) is 0 Å². The smallest absolute Gasteiger partial charge is 0.308 e. The molecule has 34 heavy (non-hydrogen) atoms. The number of carbonyl (C=O) groups excluding carboxylic acids is 3. The van der Waals surface area contributed by atoms with Crippen LogP contribution in [0, 0.1) is 0 Å². The maximum absolute atomic E-state index is 12.9. The highest BCUT2D eigenvalue weighted by molar-refractivity contribution is 8.00. The van der Waals surface area contributed by atoms with Crippen LogP contribution < -0.4 is 20.7 Å². The van der Waals surface area contributed by atoms with Gasteiger partial charge >= 0.3 is 6.03 Å². The van der Waals surface area contributed by atoms with Crippen molar-refractivity contribution in [2.24, 2.45) is 5.14 Å². The minimum atomic E-state index is -3.87. The van der Waals surface area contributed by atoms with E-state index in [0.29, 0.717) is 11.4 Å². The number of urea groups is 1. The number of nitrogens with two attached hydrogens (primary N) is 1. The molecule has 174 valence electrons. The molecule has 1 unspecified atom stereocenters. The zero-order valence-corrected chi connectivity index (χ0v) is 19.3. The number of amides is 4. The first-order chi connectivity index (χ1) is 16.2. The van der Waals surface area contributed by atoms with E-state index in [4.69, 9.17) is 5.14 Å². The molecule has 1 aliphatic rings. The first-order valence-electron chi connectivity index (χ1n) is 10.1. The van der Waals surface area contributed by atoms with Crippen molar-refractivity contribution in [2.45, 2.75) is 21.5 Å². The molecule has 9 nitrogen and oxygen atoms in total. The zero-order valence-electron chi connectivity index (χ0n) is 17.7. The average molecular weight is 497 g/mol. The minimum Gasteiger partial charge on any atom is -0.308 e. The number of para-hydroxylation sites is 1. The van der Waals surface area contributed by atoms with Crippen molar-refractivity contribution in [3.05, 3.63) is 78.9 Å². The molecule has 0 aromatic heterocycles. The largest absolute Gasteiger partial charge is 0.323 e. The summed E-state index contributed by atoms with van der Waals surface area (Å²) in [7, 11) is -3.87. The van der Waals surface area contributed by atoms with E-state index < -0.39 is 15.3 Å². The number of sulfonamides is 1. The summed E-state index contributed by atoms with van der Waals surface area (Å²) in [6.07, 6.45) is 0.0138. The summed E-state index contributed by atoms with van der Waals surface area (Å²) in [5.74, 6) is -0.760. The fourth-order valence-corrected chi connectivity index (χ4v) is 4.92. The zero-order chi connectivity index (χ0) is 24.3. The first-order valence-corrected chi connectivity index (χ1v) is 12.5. The number of carbonyl (C=O) groups is 3. The van der Waals surface area contributed by atoms with Gasteiger partial charge in [0.2, 0.25) is 21.8 Å². The topological polar surface area (TPSA) is 139 Å². The molecule has 4 N–H and O–H groups in total. The summed E-state index contributed by atoms with van der Waals surface area (Å²) < 4.78 is 22.8. The number of nitrogens with zero attached hydrogens (tertiary/aromatic N) is 1. The second-order valence-electron chi connectivity index (χ2n) is 7.39. The van der Waals surface area contributed by atoms with Crippen LogP contribution >= 0.6 is 11.8 Å². The molecule has 0 saturated carbocycles. The fourth-order valence-electron chi connectivity index (χ4n) is 3.35. The fraction of sp³-hybridized carbons (Fsp3) is 0.0870. The third-order valence-electron chi connectivity index (χ3n) is 4.95. The summed E-state index contributed by atoms with van der Waals surface area (Å²) in [6, 6.07) is 20.8. The van der Waals surface area contributed by atoms with Gasteiger partial charge in [-0.05, 0) is 60.7 Å². The van der Waals surface area contributed by atoms with Crippen molar-refractivity contribution in [2.75, 3.05) is 15.5 Å². The van der Waals surface area contributed by atoms with E-state index in [1.165, 1.54) is 36.0 Å². The van der Waals surface area contributed by atoms with Crippen molar-refractivity contribution in [3.63, 3.8) is 0 Å². The second kappa shape index (κ2) is 9.67. The lowest BCUT2D eigenvalue weighted by Crippen LogP contribution is -2.31. The molecule has 3 aromatic carbocycles. The number of primary sulfonamides is 1. The van der Waals surface area contributed by atoms with Crippen molar-refractivity contribution in [3.8, 4) is 0 Å². The van der Waals surface area contributed by atoms with Gasteiger partial charge in [0, 0.05) is 22.7 Å². The molecule has 4 rings (SSSR count). The number of imide groups is 1. The Hall–Kier alpha value is -3.67. The molecule has 11 heteroatoms. The van der Waals surface area contributed by atoms with Gasteiger partial charge in [-0.3, -0.25) is 9.59 Å².